The molecule has 0 bridgehead atoms. The fraction of sp³-hybridized carbons (Fsp3) is 0.900. The zero-order chi connectivity index (χ0) is 9.64. The molecule has 0 aromatic heterocycles. The lowest BCUT2D eigenvalue weighted by Gasteiger charge is -2.49. The van der Waals surface area contributed by atoms with Crippen LogP contribution in [-0.2, 0) is 4.79 Å². The molecule has 2 unspecified atom stereocenters. The zero-order valence-corrected chi connectivity index (χ0v) is 8.21. The summed E-state index contributed by atoms with van der Waals surface area (Å²) in [5.74, 6) is 0.457. The van der Waals surface area contributed by atoms with E-state index in [0.717, 1.165) is 12.8 Å². The van der Waals surface area contributed by atoms with Gasteiger partial charge in [0.15, 0.2) is 0 Å². The van der Waals surface area contributed by atoms with Crippen molar-refractivity contribution in [1.29, 1.82) is 0 Å². The lowest BCUT2D eigenvalue weighted by atomic mass is 9.64. The molecule has 0 radical (unpaired) electrons. The van der Waals surface area contributed by atoms with Gasteiger partial charge in [-0.2, -0.15) is 0 Å². The molecule has 2 fully saturated rings. The van der Waals surface area contributed by atoms with Crippen LogP contribution in [-0.4, -0.2) is 23.2 Å². The van der Waals surface area contributed by atoms with Gasteiger partial charge in [0.1, 0.15) is 0 Å². The number of nitrogens with one attached hydrogen (secondary N) is 1. The van der Waals surface area contributed by atoms with E-state index in [2.05, 4.69) is 5.32 Å². The Balaban J connectivity index is 1.86. The molecule has 2 rings (SSSR count). The fourth-order valence-electron chi connectivity index (χ4n) is 1.78. The summed E-state index contributed by atoms with van der Waals surface area (Å²) in [7, 11) is 0. The Kier molecular flexibility index (Phi) is 1.88. The summed E-state index contributed by atoms with van der Waals surface area (Å²) in [6, 6.07) is 0.176. The van der Waals surface area contributed by atoms with Crippen LogP contribution >= 0.6 is 0 Å². The number of aliphatic hydroxyl groups excluding tert-OH is 1. The van der Waals surface area contributed by atoms with E-state index < -0.39 is 0 Å². The Labute approximate surface area is 78.5 Å². The van der Waals surface area contributed by atoms with Crippen molar-refractivity contribution in [1.82, 2.24) is 5.32 Å². The van der Waals surface area contributed by atoms with Crippen LogP contribution in [0.2, 0.25) is 0 Å². The highest BCUT2D eigenvalue weighted by molar-refractivity contribution is 5.81. The quantitative estimate of drug-likeness (QED) is 0.661. The number of carbonyl (C=O) groups excluding carboxylic acids is 1. The van der Waals surface area contributed by atoms with Crippen molar-refractivity contribution in [2.75, 3.05) is 0 Å². The molecule has 0 aromatic rings. The largest absolute Gasteiger partial charge is 0.392 e. The third kappa shape index (κ3) is 1.46. The zero-order valence-electron chi connectivity index (χ0n) is 8.21. The van der Waals surface area contributed by atoms with Crippen LogP contribution in [0, 0.1) is 11.3 Å². The maximum atomic E-state index is 11.4. The van der Waals surface area contributed by atoms with Gasteiger partial charge in [0.25, 0.3) is 0 Å². The van der Waals surface area contributed by atoms with E-state index in [4.69, 9.17) is 0 Å². The van der Waals surface area contributed by atoms with Gasteiger partial charge in [-0.15, -0.1) is 0 Å². The Morgan fingerprint density at radius 3 is 2.46 bits per heavy atom. The molecule has 3 nitrogen and oxygen atoms in total. The third-order valence-corrected chi connectivity index (χ3v) is 3.48. The molecule has 2 aliphatic rings. The minimum absolute atomic E-state index is 0.134. The lowest BCUT2D eigenvalue weighted by Crippen LogP contribution is -2.61. The summed E-state index contributed by atoms with van der Waals surface area (Å²) >= 11 is 0. The second-order valence-electron chi connectivity index (χ2n) is 4.91. The van der Waals surface area contributed by atoms with Crippen molar-refractivity contribution < 1.29 is 9.90 Å². The van der Waals surface area contributed by atoms with Gasteiger partial charge >= 0.3 is 0 Å². The maximum Gasteiger partial charge on any atom is 0.223 e. The molecule has 2 N–H and O–H groups in total. The van der Waals surface area contributed by atoms with Crippen molar-refractivity contribution in [3.05, 3.63) is 0 Å². The van der Waals surface area contributed by atoms with E-state index in [-0.39, 0.29) is 29.4 Å². The van der Waals surface area contributed by atoms with E-state index in [9.17, 15) is 9.90 Å². The monoisotopic (exact) mass is 183 g/mol. The summed E-state index contributed by atoms with van der Waals surface area (Å²) in [6.07, 6.45) is 2.55. The average Bonchev–Trinajstić information content (AvgIpc) is 2.86. The van der Waals surface area contributed by atoms with Crippen LogP contribution in [0.3, 0.4) is 0 Å². The summed E-state index contributed by atoms with van der Waals surface area (Å²) in [5, 5.41) is 12.5. The molecule has 0 saturated heterocycles. The predicted molar refractivity (Wildman–Crippen MR) is 49.1 cm³/mol. The van der Waals surface area contributed by atoms with Crippen LogP contribution in [0.15, 0.2) is 0 Å². The van der Waals surface area contributed by atoms with E-state index in [1.807, 2.05) is 13.8 Å². The molecule has 3 heteroatoms. The third-order valence-electron chi connectivity index (χ3n) is 3.48. The number of hydrogen-bond donors (Lipinski definition) is 2. The Hall–Kier alpha value is -0.570. The molecular formula is C10H17NO2. The molecule has 2 saturated carbocycles. The first-order chi connectivity index (χ1) is 6.01. The molecule has 2 aliphatic carbocycles. The van der Waals surface area contributed by atoms with Crippen LogP contribution in [0.5, 0.6) is 0 Å². The summed E-state index contributed by atoms with van der Waals surface area (Å²) < 4.78 is 0. The van der Waals surface area contributed by atoms with Crippen molar-refractivity contribution in [3.8, 4) is 0 Å². The Morgan fingerprint density at radius 1 is 1.46 bits per heavy atom. The van der Waals surface area contributed by atoms with Gasteiger partial charge in [0.05, 0.1) is 6.10 Å². The summed E-state index contributed by atoms with van der Waals surface area (Å²) in [6.45, 7) is 4.00. The first kappa shape index (κ1) is 9.00. The molecule has 2 atom stereocenters. The van der Waals surface area contributed by atoms with Gasteiger partial charge in [0, 0.05) is 17.4 Å². The van der Waals surface area contributed by atoms with Crippen molar-refractivity contribution in [2.24, 2.45) is 11.3 Å². The number of carbonyl (C=O) groups is 1. The van der Waals surface area contributed by atoms with Crippen molar-refractivity contribution in [3.63, 3.8) is 0 Å². The number of rotatable bonds is 2. The van der Waals surface area contributed by atoms with Crippen LogP contribution in [0.4, 0.5) is 0 Å². The van der Waals surface area contributed by atoms with Gasteiger partial charge in [-0.1, -0.05) is 13.8 Å². The molecule has 74 valence electrons. The summed E-state index contributed by atoms with van der Waals surface area (Å²) in [5.41, 5.74) is -0.134. The highest BCUT2D eigenvalue weighted by Crippen LogP contribution is 2.41. The minimum atomic E-state index is -0.253. The van der Waals surface area contributed by atoms with E-state index >= 15 is 0 Å². The second kappa shape index (κ2) is 2.71. The average molecular weight is 183 g/mol. The predicted octanol–water partition coefficient (Wildman–Crippen LogP) is 0.672. The highest BCUT2D eigenvalue weighted by atomic mass is 16.3. The second-order valence-corrected chi connectivity index (χ2v) is 4.91. The number of amides is 1. The van der Waals surface area contributed by atoms with Crippen LogP contribution in [0.25, 0.3) is 0 Å². The van der Waals surface area contributed by atoms with Gasteiger partial charge < -0.3 is 10.4 Å². The van der Waals surface area contributed by atoms with Crippen molar-refractivity contribution >= 4 is 5.91 Å². The maximum absolute atomic E-state index is 11.4. The molecule has 0 heterocycles. The molecular weight excluding hydrogens is 166 g/mol. The Bertz CT molecular complexity index is 233. The first-order valence-electron chi connectivity index (χ1n) is 5.00. The normalized spacial score (nSPS) is 36.5. The standard InChI is InChI=1S/C10H17NO2/c1-10(2)7(5-8(10)12)11-9(13)6-3-4-6/h6-8,12H,3-5H2,1-2H3,(H,11,13). The molecule has 0 aromatic carbocycles. The van der Waals surface area contributed by atoms with Crippen molar-refractivity contribution in [2.45, 2.75) is 45.3 Å². The van der Waals surface area contributed by atoms with Crippen LogP contribution < -0.4 is 5.32 Å². The SMILES string of the molecule is CC1(C)C(O)CC1NC(=O)C1CC1. The fourth-order valence-corrected chi connectivity index (χ4v) is 1.78. The minimum Gasteiger partial charge on any atom is -0.392 e. The lowest BCUT2D eigenvalue weighted by molar-refractivity contribution is -0.130. The smallest absolute Gasteiger partial charge is 0.223 e. The molecule has 0 spiro atoms. The number of aliphatic hydroxyl groups is 1. The van der Waals surface area contributed by atoms with Gasteiger partial charge in [-0.05, 0) is 19.3 Å². The van der Waals surface area contributed by atoms with E-state index in [1.165, 1.54) is 0 Å². The van der Waals surface area contributed by atoms with E-state index in [1.54, 1.807) is 0 Å². The summed E-state index contributed by atoms with van der Waals surface area (Å²) in [4.78, 5) is 11.4. The Morgan fingerprint density at radius 2 is 2.08 bits per heavy atom. The van der Waals surface area contributed by atoms with Gasteiger partial charge in [0.2, 0.25) is 5.91 Å². The number of hydrogen-bond acceptors (Lipinski definition) is 2. The highest BCUT2D eigenvalue weighted by Gasteiger charge is 2.48. The molecule has 0 aliphatic heterocycles. The topological polar surface area (TPSA) is 49.3 Å². The molecule has 13 heavy (non-hydrogen) atoms. The van der Waals surface area contributed by atoms with Crippen LogP contribution in [0.1, 0.15) is 33.1 Å². The van der Waals surface area contributed by atoms with Gasteiger partial charge in [-0.25, -0.2) is 0 Å². The molecule has 1 amide bonds. The van der Waals surface area contributed by atoms with E-state index in [0.29, 0.717) is 6.42 Å². The van der Waals surface area contributed by atoms with Gasteiger partial charge in [-0.3, -0.25) is 4.79 Å². The first-order valence-corrected chi connectivity index (χ1v) is 5.00.